The first-order valence-corrected chi connectivity index (χ1v) is 8.55. The van der Waals surface area contributed by atoms with Crippen molar-refractivity contribution >= 4 is 5.91 Å². The number of carbonyl (C=O) groups excluding carboxylic acids is 1. The molecule has 2 heterocycles. The summed E-state index contributed by atoms with van der Waals surface area (Å²) in [6, 6.07) is 6.73. The summed E-state index contributed by atoms with van der Waals surface area (Å²) in [5.74, 6) is 1.45. The van der Waals surface area contributed by atoms with Crippen LogP contribution in [0.3, 0.4) is 0 Å². The van der Waals surface area contributed by atoms with E-state index < -0.39 is 5.41 Å². The van der Waals surface area contributed by atoms with Gasteiger partial charge in [-0.1, -0.05) is 31.0 Å². The quantitative estimate of drug-likeness (QED) is 0.851. The lowest BCUT2D eigenvalue weighted by Crippen LogP contribution is -2.48. The molecule has 1 aliphatic heterocycles. The fraction of sp³-hybridized carbons (Fsp3) is 0.500. The van der Waals surface area contributed by atoms with Crippen molar-refractivity contribution in [3.63, 3.8) is 0 Å². The molecule has 4 rings (SSSR count). The van der Waals surface area contributed by atoms with Gasteiger partial charge < -0.3 is 9.47 Å². The Labute approximate surface area is 140 Å². The lowest BCUT2D eigenvalue weighted by Gasteiger charge is -2.37. The molecular formula is C18H21FN4O. The summed E-state index contributed by atoms with van der Waals surface area (Å²) in [7, 11) is 0. The van der Waals surface area contributed by atoms with Crippen LogP contribution < -0.4 is 0 Å². The number of hydrogen-bond donors (Lipinski definition) is 0. The molecule has 2 aromatic rings. The maximum atomic E-state index is 14.5. The van der Waals surface area contributed by atoms with Crippen LogP contribution >= 0.6 is 0 Å². The van der Waals surface area contributed by atoms with Crippen molar-refractivity contribution < 1.29 is 9.18 Å². The Morgan fingerprint density at radius 1 is 1.17 bits per heavy atom. The van der Waals surface area contributed by atoms with Gasteiger partial charge in [0.15, 0.2) is 5.82 Å². The van der Waals surface area contributed by atoms with Crippen molar-refractivity contribution in [1.82, 2.24) is 19.7 Å². The number of benzene rings is 1. The second-order valence-corrected chi connectivity index (χ2v) is 6.81. The average Bonchev–Trinajstić information content (AvgIpc) is 3.23. The second kappa shape index (κ2) is 5.69. The van der Waals surface area contributed by atoms with Gasteiger partial charge in [-0.25, -0.2) is 4.39 Å². The molecule has 2 aliphatic rings. The number of aromatic nitrogens is 3. The van der Waals surface area contributed by atoms with E-state index in [1.807, 2.05) is 22.5 Å². The Balaban J connectivity index is 1.68. The van der Waals surface area contributed by atoms with E-state index in [0.717, 1.165) is 37.3 Å². The molecule has 1 aromatic heterocycles. The van der Waals surface area contributed by atoms with E-state index in [1.165, 1.54) is 6.07 Å². The molecule has 0 spiro atoms. The zero-order valence-corrected chi connectivity index (χ0v) is 13.8. The third-order valence-corrected chi connectivity index (χ3v) is 5.48. The minimum atomic E-state index is -0.720. The number of amides is 1. The molecule has 0 unspecified atom stereocenters. The molecule has 1 amide bonds. The number of halogens is 1. The first-order valence-electron chi connectivity index (χ1n) is 8.55. The van der Waals surface area contributed by atoms with E-state index in [4.69, 9.17) is 0 Å². The van der Waals surface area contributed by atoms with E-state index in [1.54, 1.807) is 12.1 Å². The van der Waals surface area contributed by atoms with Gasteiger partial charge in [0.25, 0.3) is 0 Å². The summed E-state index contributed by atoms with van der Waals surface area (Å²) < 4.78 is 16.5. The minimum Gasteiger partial charge on any atom is -0.333 e. The molecule has 5 nitrogen and oxygen atoms in total. The normalized spacial score (nSPS) is 19.3. The van der Waals surface area contributed by atoms with Gasteiger partial charge in [0.1, 0.15) is 11.6 Å². The number of carbonyl (C=O) groups is 1. The Morgan fingerprint density at radius 2 is 1.92 bits per heavy atom. The molecule has 1 aromatic carbocycles. The lowest BCUT2D eigenvalue weighted by atomic mass is 9.77. The van der Waals surface area contributed by atoms with Crippen LogP contribution in [0.25, 0.3) is 0 Å². The Morgan fingerprint density at radius 3 is 2.67 bits per heavy atom. The highest BCUT2D eigenvalue weighted by atomic mass is 19.1. The lowest BCUT2D eigenvalue weighted by molar-refractivity contribution is -0.139. The molecule has 0 bridgehead atoms. The van der Waals surface area contributed by atoms with Crippen LogP contribution in [0.15, 0.2) is 24.3 Å². The van der Waals surface area contributed by atoms with Gasteiger partial charge in [0, 0.05) is 18.7 Å². The van der Waals surface area contributed by atoms with Crippen molar-refractivity contribution in [1.29, 1.82) is 0 Å². The van der Waals surface area contributed by atoms with E-state index in [0.29, 0.717) is 25.2 Å². The highest BCUT2D eigenvalue weighted by Crippen LogP contribution is 2.44. The summed E-state index contributed by atoms with van der Waals surface area (Å²) in [6.45, 7) is 3.70. The van der Waals surface area contributed by atoms with E-state index in [2.05, 4.69) is 10.2 Å². The predicted molar refractivity (Wildman–Crippen MR) is 86.7 cm³/mol. The molecule has 24 heavy (non-hydrogen) atoms. The molecule has 1 fully saturated rings. The first kappa shape index (κ1) is 15.3. The molecule has 6 heteroatoms. The second-order valence-electron chi connectivity index (χ2n) is 6.81. The molecule has 0 N–H and O–H groups in total. The summed E-state index contributed by atoms with van der Waals surface area (Å²) in [5.41, 5.74) is -0.168. The smallest absolute Gasteiger partial charge is 0.233 e. The van der Waals surface area contributed by atoms with Gasteiger partial charge in [-0.05, 0) is 25.8 Å². The van der Waals surface area contributed by atoms with Gasteiger partial charge >= 0.3 is 0 Å². The van der Waals surface area contributed by atoms with Crippen molar-refractivity contribution in [2.75, 3.05) is 6.54 Å². The molecule has 0 atom stereocenters. The largest absolute Gasteiger partial charge is 0.333 e. The van der Waals surface area contributed by atoms with Crippen LogP contribution in [0.5, 0.6) is 0 Å². The standard InChI is InChI=1S/C18H21FN4O/c1-13-20-21-16-12-22(10-11-23(13)16)17(24)18(8-4-5-9-18)14-6-2-3-7-15(14)19/h2-3,6-7H,4-5,8-12H2,1H3. The fourth-order valence-electron chi connectivity index (χ4n) is 4.21. The molecule has 126 valence electrons. The number of nitrogens with zero attached hydrogens (tertiary/aromatic N) is 4. The van der Waals surface area contributed by atoms with Crippen LogP contribution in [-0.2, 0) is 23.3 Å². The third-order valence-electron chi connectivity index (χ3n) is 5.48. The molecule has 0 saturated heterocycles. The zero-order chi connectivity index (χ0) is 16.7. The topological polar surface area (TPSA) is 51.0 Å². The molecule has 1 aliphatic carbocycles. The van der Waals surface area contributed by atoms with Crippen LogP contribution in [0, 0.1) is 12.7 Å². The highest BCUT2D eigenvalue weighted by molar-refractivity contribution is 5.88. The molecule has 1 saturated carbocycles. The monoisotopic (exact) mass is 328 g/mol. The maximum Gasteiger partial charge on any atom is 0.233 e. The van der Waals surface area contributed by atoms with Gasteiger partial charge in [-0.15, -0.1) is 10.2 Å². The van der Waals surface area contributed by atoms with Crippen molar-refractivity contribution in [2.45, 2.75) is 51.1 Å². The SMILES string of the molecule is Cc1nnc2n1CCN(C(=O)C1(c3ccccc3F)CCCC1)C2. The van der Waals surface area contributed by atoms with E-state index in [9.17, 15) is 9.18 Å². The maximum absolute atomic E-state index is 14.5. The number of hydrogen-bond acceptors (Lipinski definition) is 3. The summed E-state index contributed by atoms with van der Waals surface area (Å²) >= 11 is 0. The number of aryl methyl sites for hydroxylation is 1. The van der Waals surface area contributed by atoms with Crippen molar-refractivity contribution in [2.24, 2.45) is 0 Å². The van der Waals surface area contributed by atoms with Gasteiger partial charge in [0.05, 0.1) is 12.0 Å². The minimum absolute atomic E-state index is 0.0389. The van der Waals surface area contributed by atoms with Crippen LogP contribution in [-0.4, -0.2) is 32.1 Å². The predicted octanol–water partition coefficient (Wildman–Crippen LogP) is 2.58. The Bertz CT molecular complexity index is 779. The highest BCUT2D eigenvalue weighted by Gasteiger charge is 2.47. The van der Waals surface area contributed by atoms with Gasteiger partial charge in [-0.2, -0.15) is 0 Å². The summed E-state index contributed by atoms with van der Waals surface area (Å²) in [5, 5.41) is 8.27. The first-order chi connectivity index (χ1) is 11.6. The Hall–Kier alpha value is -2.24. The summed E-state index contributed by atoms with van der Waals surface area (Å²) in [6.07, 6.45) is 3.36. The number of rotatable bonds is 2. The number of fused-ring (bicyclic) bond motifs is 1. The van der Waals surface area contributed by atoms with Crippen molar-refractivity contribution in [3.8, 4) is 0 Å². The zero-order valence-electron chi connectivity index (χ0n) is 13.8. The Kier molecular flexibility index (Phi) is 3.62. The van der Waals surface area contributed by atoms with Gasteiger partial charge in [-0.3, -0.25) is 4.79 Å². The van der Waals surface area contributed by atoms with E-state index >= 15 is 0 Å². The summed E-state index contributed by atoms with van der Waals surface area (Å²) in [4.78, 5) is 15.2. The molecular weight excluding hydrogens is 307 g/mol. The average molecular weight is 328 g/mol. The fourth-order valence-corrected chi connectivity index (χ4v) is 4.21. The van der Waals surface area contributed by atoms with Crippen LogP contribution in [0.2, 0.25) is 0 Å². The van der Waals surface area contributed by atoms with Crippen molar-refractivity contribution in [3.05, 3.63) is 47.3 Å². The van der Waals surface area contributed by atoms with E-state index in [-0.39, 0.29) is 11.7 Å². The molecule has 0 radical (unpaired) electrons. The van der Waals surface area contributed by atoms with Crippen LogP contribution in [0.1, 0.15) is 42.9 Å². The van der Waals surface area contributed by atoms with Gasteiger partial charge in [0.2, 0.25) is 5.91 Å². The third kappa shape index (κ3) is 2.24. The van der Waals surface area contributed by atoms with Crippen LogP contribution in [0.4, 0.5) is 4.39 Å².